The molecular weight excluding hydrogens is 544 g/mol. The maximum absolute atomic E-state index is 4.06. The van der Waals surface area contributed by atoms with Gasteiger partial charge in [-0.25, -0.2) is 0 Å². The number of rotatable bonds is 7. The maximum atomic E-state index is 4.06. The summed E-state index contributed by atoms with van der Waals surface area (Å²) in [6.07, 6.45) is 17.4. The fourth-order valence-electron chi connectivity index (χ4n) is 8.44. The minimum absolute atomic E-state index is 0.581. The van der Waals surface area contributed by atoms with E-state index in [1.807, 2.05) is 6.08 Å². The predicted octanol–water partition coefficient (Wildman–Crippen LogP) is 10.9. The van der Waals surface area contributed by atoms with E-state index < -0.39 is 0 Å². The van der Waals surface area contributed by atoms with E-state index in [-0.39, 0.29) is 0 Å². The summed E-state index contributed by atoms with van der Waals surface area (Å²) < 4.78 is 0. The van der Waals surface area contributed by atoms with Gasteiger partial charge in [0.15, 0.2) is 0 Å². The summed E-state index contributed by atoms with van der Waals surface area (Å²) in [6.45, 7) is 23.8. The highest BCUT2D eigenvalue weighted by Gasteiger charge is 2.49. The molecule has 6 rings (SSSR count). The second-order valence-electron chi connectivity index (χ2n) is 15.2. The summed E-state index contributed by atoms with van der Waals surface area (Å²) in [5.41, 5.74) is 13.4. The van der Waals surface area contributed by atoms with E-state index in [1.54, 1.807) is 5.57 Å². The molecule has 2 aliphatic carbocycles. The Morgan fingerprint density at radius 3 is 1.96 bits per heavy atom. The number of hydrogen-bond acceptors (Lipinski definition) is 2. The molecule has 240 valence electrons. The van der Waals surface area contributed by atoms with Crippen molar-refractivity contribution in [1.29, 1.82) is 0 Å². The minimum Gasteiger partial charge on any atom is -0.371 e. The van der Waals surface area contributed by atoms with Crippen molar-refractivity contribution < 1.29 is 0 Å². The summed E-state index contributed by atoms with van der Waals surface area (Å²) in [5.74, 6) is 0.585. The molecule has 0 amide bonds. The third-order valence-corrected chi connectivity index (χ3v) is 11.0. The summed E-state index contributed by atoms with van der Waals surface area (Å²) >= 11 is 0. The Morgan fingerprint density at radius 1 is 0.844 bits per heavy atom. The third kappa shape index (κ3) is 7.66. The molecular formula is C43H58N2. The lowest BCUT2D eigenvalue weighted by atomic mass is 9.59. The van der Waals surface area contributed by atoms with E-state index in [1.165, 1.54) is 117 Å². The van der Waals surface area contributed by atoms with Crippen LogP contribution in [0.15, 0.2) is 102 Å². The van der Waals surface area contributed by atoms with Crippen LogP contribution in [-0.2, 0) is 0 Å². The van der Waals surface area contributed by atoms with Crippen molar-refractivity contribution in [2.45, 2.75) is 91.9 Å². The van der Waals surface area contributed by atoms with E-state index in [2.05, 4.69) is 125 Å². The Kier molecular flexibility index (Phi) is 10.4. The lowest BCUT2D eigenvalue weighted by Crippen LogP contribution is -2.58. The minimum atomic E-state index is 0.581. The van der Waals surface area contributed by atoms with Gasteiger partial charge in [0.1, 0.15) is 0 Å². The average Bonchev–Trinajstić information content (AvgIpc) is 3.40. The van der Waals surface area contributed by atoms with Crippen molar-refractivity contribution in [3.8, 4) is 0 Å². The Hall–Kier alpha value is -3.10. The highest BCUT2D eigenvalue weighted by atomic mass is 15.2. The largest absolute Gasteiger partial charge is 0.371 e. The highest BCUT2D eigenvalue weighted by Crippen LogP contribution is 2.54. The normalized spacial score (nSPS) is 20.9. The molecule has 2 heterocycles. The van der Waals surface area contributed by atoms with E-state index in [9.17, 15) is 0 Å². The molecule has 2 heteroatoms. The van der Waals surface area contributed by atoms with Crippen molar-refractivity contribution in [3.05, 3.63) is 125 Å². The van der Waals surface area contributed by atoms with Crippen LogP contribution in [-0.4, -0.2) is 43.0 Å². The first-order valence-electron chi connectivity index (χ1n) is 17.6. The van der Waals surface area contributed by atoms with Crippen molar-refractivity contribution in [2.24, 2.45) is 10.8 Å². The quantitative estimate of drug-likeness (QED) is 0.291. The molecule has 0 aromatic heterocycles. The van der Waals surface area contributed by atoms with Gasteiger partial charge in [-0.15, -0.1) is 0 Å². The molecule has 0 atom stereocenters. The zero-order valence-corrected chi connectivity index (χ0v) is 29.2. The first kappa shape index (κ1) is 33.3. The Bertz CT molecular complexity index is 1420. The van der Waals surface area contributed by atoms with Gasteiger partial charge in [-0.05, 0) is 111 Å². The van der Waals surface area contributed by atoms with Gasteiger partial charge in [-0.2, -0.15) is 0 Å². The van der Waals surface area contributed by atoms with E-state index in [0.29, 0.717) is 16.7 Å². The third-order valence-electron chi connectivity index (χ3n) is 11.0. The van der Waals surface area contributed by atoms with Gasteiger partial charge >= 0.3 is 0 Å². The molecule has 2 saturated carbocycles. The molecule has 2 spiro atoms. The number of likely N-dealkylation sites (tertiary alicyclic amines) is 2. The van der Waals surface area contributed by atoms with Crippen LogP contribution in [0.5, 0.6) is 0 Å². The number of allylic oxidation sites excluding steroid dienone is 6. The standard InChI is InChI=1S/C24H29N.C19H29N/c1-17(2)19-9-11-21(12-10-19)23(20-7-5-18(3)6-8-20)22-13-24(14-22)15-25(4)16-24;1-5-17(16(3)4)14-18(6-2)20-13-12-19(15-20)10-8-7-9-11-19/h5-12,17H,13-16H2,1-4H3;5-6,14H,2-3,7-13,15H2,1,4H3/b;17-5+,18-14+. The molecule has 4 aliphatic rings. The summed E-state index contributed by atoms with van der Waals surface area (Å²) in [4.78, 5) is 4.98. The molecule has 0 unspecified atom stereocenters. The molecule has 2 aliphatic heterocycles. The second-order valence-corrected chi connectivity index (χ2v) is 15.2. The van der Waals surface area contributed by atoms with Crippen molar-refractivity contribution >= 4 is 5.57 Å². The molecule has 4 fully saturated rings. The molecule has 2 aromatic rings. The van der Waals surface area contributed by atoms with Gasteiger partial charge in [-0.1, -0.05) is 118 Å². The van der Waals surface area contributed by atoms with Crippen LogP contribution in [0.3, 0.4) is 0 Å². The number of aryl methyl sites for hydroxylation is 1. The number of nitrogens with zero attached hydrogens (tertiary/aromatic N) is 2. The fraction of sp³-hybridized carbons (Fsp3) is 0.488. The molecule has 0 N–H and O–H groups in total. The summed E-state index contributed by atoms with van der Waals surface area (Å²) in [6, 6.07) is 18.3. The van der Waals surface area contributed by atoms with Gasteiger partial charge in [0.2, 0.25) is 0 Å². The van der Waals surface area contributed by atoms with Crippen LogP contribution in [0.25, 0.3) is 5.57 Å². The van der Waals surface area contributed by atoms with Crippen LogP contribution in [0.1, 0.15) is 107 Å². The van der Waals surface area contributed by atoms with Gasteiger partial charge in [0, 0.05) is 37.3 Å². The molecule has 0 radical (unpaired) electrons. The molecule has 2 aromatic carbocycles. The van der Waals surface area contributed by atoms with E-state index >= 15 is 0 Å². The molecule has 0 bridgehead atoms. The predicted molar refractivity (Wildman–Crippen MR) is 195 cm³/mol. The average molecular weight is 603 g/mol. The Labute approximate surface area is 275 Å². The Balaban J connectivity index is 0.000000183. The van der Waals surface area contributed by atoms with Crippen LogP contribution < -0.4 is 0 Å². The SMILES string of the molecule is C=C/C(=C\C(=C/C)C(=C)C)N1CCC2(CCCCC2)C1.Cc1ccc(C(=C2CC3(C2)CN(C)C3)c2ccc(C(C)C)cc2)cc1. The van der Waals surface area contributed by atoms with Gasteiger partial charge < -0.3 is 9.80 Å². The molecule has 2 nitrogen and oxygen atoms in total. The lowest BCUT2D eigenvalue weighted by molar-refractivity contribution is -0.0106. The molecule has 45 heavy (non-hydrogen) atoms. The first-order valence-corrected chi connectivity index (χ1v) is 17.6. The van der Waals surface area contributed by atoms with Gasteiger partial charge in [0.25, 0.3) is 0 Å². The smallest absolute Gasteiger partial charge is 0.0366 e. The zero-order valence-electron chi connectivity index (χ0n) is 29.2. The second kappa shape index (κ2) is 14.1. The van der Waals surface area contributed by atoms with Crippen molar-refractivity contribution in [3.63, 3.8) is 0 Å². The topological polar surface area (TPSA) is 6.48 Å². The van der Waals surface area contributed by atoms with Crippen LogP contribution in [0.4, 0.5) is 0 Å². The monoisotopic (exact) mass is 602 g/mol. The maximum Gasteiger partial charge on any atom is 0.0366 e. The number of hydrogen-bond donors (Lipinski definition) is 0. The van der Waals surface area contributed by atoms with Crippen LogP contribution in [0, 0.1) is 17.8 Å². The van der Waals surface area contributed by atoms with E-state index in [4.69, 9.17) is 0 Å². The lowest BCUT2D eigenvalue weighted by Gasteiger charge is -2.56. The summed E-state index contributed by atoms with van der Waals surface area (Å²) in [5, 5.41) is 0. The van der Waals surface area contributed by atoms with Gasteiger partial charge in [0.05, 0.1) is 0 Å². The Morgan fingerprint density at radius 2 is 1.44 bits per heavy atom. The first-order chi connectivity index (χ1) is 21.6. The van der Waals surface area contributed by atoms with Crippen molar-refractivity contribution in [1.82, 2.24) is 9.80 Å². The van der Waals surface area contributed by atoms with Crippen LogP contribution >= 0.6 is 0 Å². The zero-order chi connectivity index (χ0) is 32.2. The van der Waals surface area contributed by atoms with Crippen molar-refractivity contribution in [2.75, 3.05) is 33.2 Å². The summed E-state index contributed by atoms with van der Waals surface area (Å²) in [7, 11) is 2.23. The number of benzene rings is 2. The van der Waals surface area contributed by atoms with Crippen LogP contribution in [0.2, 0.25) is 0 Å². The highest BCUT2D eigenvalue weighted by molar-refractivity contribution is 5.83. The fourth-order valence-corrected chi connectivity index (χ4v) is 8.44. The van der Waals surface area contributed by atoms with Gasteiger partial charge in [-0.3, -0.25) is 0 Å². The van der Waals surface area contributed by atoms with E-state index in [0.717, 1.165) is 5.57 Å². The molecule has 2 saturated heterocycles.